The quantitative estimate of drug-likeness (QED) is 0.557. The predicted molar refractivity (Wildman–Crippen MR) is 55.4 cm³/mol. The molecule has 2 aliphatic rings. The van der Waals surface area contributed by atoms with Crippen molar-refractivity contribution in [1.82, 2.24) is 0 Å². The standard InChI is InChI=1S/C13H12/c1-2-6-12-10(4-1)8-9-11-5-3-7-13(11)12/h1-2,4-7H,3,8-9H2. The van der Waals surface area contributed by atoms with Gasteiger partial charge in [-0.2, -0.15) is 0 Å². The second-order valence-electron chi connectivity index (χ2n) is 3.74. The van der Waals surface area contributed by atoms with Gasteiger partial charge in [-0.1, -0.05) is 36.4 Å². The molecule has 0 saturated carbocycles. The van der Waals surface area contributed by atoms with Crippen LogP contribution < -0.4 is 0 Å². The van der Waals surface area contributed by atoms with Crippen LogP contribution >= 0.6 is 0 Å². The van der Waals surface area contributed by atoms with Crippen LogP contribution in [0.2, 0.25) is 0 Å². The first-order chi connectivity index (χ1) is 6.45. The zero-order chi connectivity index (χ0) is 8.67. The molecule has 0 aliphatic heterocycles. The normalized spacial score (nSPS) is 18.8. The van der Waals surface area contributed by atoms with E-state index < -0.39 is 0 Å². The summed E-state index contributed by atoms with van der Waals surface area (Å²) in [6.45, 7) is 0. The number of benzene rings is 1. The van der Waals surface area contributed by atoms with Gasteiger partial charge in [0.1, 0.15) is 0 Å². The Kier molecular flexibility index (Phi) is 1.42. The number of fused-ring (bicyclic) bond motifs is 3. The van der Waals surface area contributed by atoms with E-state index in [0.29, 0.717) is 0 Å². The van der Waals surface area contributed by atoms with E-state index in [0.717, 1.165) is 6.42 Å². The van der Waals surface area contributed by atoms with Crippen LogP contribution in [0.4, 0.5) is 0 Å². The van der Waals surface area contributed by atoms with E-state index in [9.17, 15) is 0 Å². The number of aryl methyl sites for hydroxylation is 1. The SMILES string of the molecule is C1=C2CCc3ccccc3C2=CC1. The number of hydrogen-bond acceptors (Lipinski definition) is 0. The molecule has 13 heavy (non-hydrogen) atoms. The van der Waals surface area contributed by atoms with E-state index in [1.807, 2.05) is 0 Å². The summed E-state index contributed by atoms with van der Waals surface area (Å²) in [4.78, 5) is 0. The minimum Gasteiger partial charge on any atom is -0.0769 e. The van der Waals surface area contributed by atoms with Crippen LogP contribution in [0.3, 0.4) is 0 Å². The lowest BCUT2D eigenvalue weighted by molar-refractivity contribution is 0.941. The molecule has 0 atom stereocenters. The summed E-state index contributed by atoms with van der Waals surface area (Å²) in [5.74, 6) is 0. The summed E-state index contributed by atoms with van der Waals surface area (Å²) < 4.78 is 0. The van der Waals surface area contributed by atoms with Gasteiger partial charge in [-0.3, -0.25) is 0 Å². The van der Waals surface area contributed by atoms with Crippen molar-refractivity contribution in [2.75, 3.05) is 0 Å². The molecule has 0 spiro atoms. The molecule has 1 aromatic rings. The maximum absolute atomic E-state index is 2.37. The van der Waals surface area contributed by atoms with Crippen LogP contribution in [0.1, 0.15) is 24.0 Å². The molecule has 1 aromatic carbocycles. The number of allylic oxidation sites excluding steroid dienone is 4. The third-order valence-corrected chi connectivity index (χ3v) is 3.00. The Hall–Kier alpha value is -1.30. The van der Waals surface area contributed by atoms with Crippen LogP contribution in [0.5, 0.6) is 0 Å². The third-order valence-electron chi connectivity index (χ3n) is 3.00. The molecule has 2 aliphatic carbocycles. The van der Waals surface area contributed by atoms with Crippen molar-refractivity contribution in [3.63, 3.8) is 0 Å². The number of hydrogen-bond donors (Lipinski definition) is 0. The molecule has 0 unspecified atom stereocenters. The maximum atomic E-state index is 2.37. The average Bonchev–Trinajstić information content (AvgIpc) is 2.65. The molecule has 64 valence electrons. The molecule has 0 saturated heterocycles. The lowest BCUT2D eigenvalue weighted by atomic mass is 9.85. The molecule has 3 rings (SSSR count). The van der Waals surface area contributed by atoms with Gasteiger partial charge in [0.2, 0.25) is 0 Å². The summed E-state index contributed by atoms with van der Waals surface area (Å²) in [5.41, 5.74) is 6.06. The Morgan fingerprint density at radius 2 is 1.85 bits per heavy atom. The monoisotopic (exact) mass is 168 g/mol. The number of rotatable bonds is 0. The smallest absolute Gasteiger partial charge is 0.0152 e. The van der Waals surface area contributed by atoms with E-state index in [2.05, 4.69) is 36.4 Å². The van der Waals surface area contributed by atoms with Crippen molar-refractivity contribution in [1.29, 1.82) is 0 Å². The highest BCUT2D eigenvalue weighted by molar-refractivity contribution is 5.84. The summed E-state index contributed by atoms with van der Waals surface area (Å²) >= 11 is 0. The largest absolute Gasteiger partial charge is 0.0769 e. The summed E-state index contributed by atoms with van der Waals surface area (Å²) in [6.07, 6.45) is 8.32. The van der Waals surface area contributed by atoms with E-state index in [1.54, 1.807) is 5.57 Å². The molecule has 0 radical (unpaired) electrons. The molecule has 0 nitrogen and oxygen atoms in total. The molecular weight excluding hydrogens is 156 g/mol. The van der Waals surface area contributed by atoms with Gasteiger partial charge < -0.3 is 0 Å². The highest BCUT2D eigenvalue weighted by Gasteiger charge is 2.19. The van der Waals surface area contributed by atoms with Crippen molar-refractivity contribution in [2.24, 2.45) is 0 Å². The van der Waals surface area contributed by atoms with Gasteiger partial charge in [0, 0.05) is 0 Å². The molecule has 0 heterocycles. The van der Waals surface area contributed by atoms with Gasteiger partial charge >= 0.3 is 0 Å². The fourth-order valence-electron chi connectivity index (χ4n) is 2.35. The van der Waals surface area contributed by atoms with Gasteiger partial charge in [0.25, 0.3) is 0 Å². The van der Waals surface area contributed by atoms with E-state index in [-0.39, 0.29) is 0 Å². The van der Waals surface area contributed by atoms with Crippen molar-refractivity contribution in [3.8, 4) is 0 Å². The van der Waals surface area contributed by atoms with Crippen LogP contribution in [0.25, 0.3) is 5.57 Å². The average molecular weight is 168 g/mol. The van der Waals surface area contributed by atoms with Gasteiger partial charge in [0.15, 0.2) is 0 Å². The van der Waals surface area contributed by atoms with Gasteiger partial charge in [0.05, 0.1) is 0 Å². The summed E-state index contributed by atoms with van der Waals surface area (Å²) in [7, 11) is 0. The third kappa shape index (κ3) is 0.983. The van der Waals surface area contributed by atoms with E-state index in [1.165, 1.54) is 29.5 Å². The van der Waals surface area contributed by atoms with E-state index >= 15 is 0 Å². The lowest BCUT2D eigenvalue weighted by Crippen LogP contribution is -2.02. The van der Waals surface area contributed by atoms with Gasteiger partial charge in [-0.25, -0.2) is 0 Å². The van der Waals surface area contributed by atoms with Crippen LogP contribution in [0.15, 0.2) is 42.0 Å². The molecule has 0 heteroatoms. The Morgan fingerprint density at radius 3 is 2.85 bits per heavy atom. The molecular formula is C13H12. The Labute approximate surface area is 78.6 Å². The van der Waals surface area contributed by atoms with E-state index in [4.69, 9.17) is 0 Å². The second-order valence-corrected chi connectivity index (χ2v) is 3.74. The molecule has 0 aromatic heterocycles. The first kappa shape index (κ1) is 7.14. The highest BCUT2D eigenvalue weighted by Crippen LogP contribution is 2.38. The maximum Gasteiger partial charge on any atom is -0.0152 e. The Balaban J connectivity index is 2.22. The Morgan fingerprint density at radius 1 is 0.923 bits per heavy atom. The Bertz CT molecular complexity index is 408. The van der Waals surface area contributed by atoms with Gasteiger partial charge in [-0.15, -0.1) is 0 Å². The fraction of sp³-hybridized carbons (Fsp3) is 0.231. The minimum atomic E-state index is 1.14. The lowest BCUT2D eigenvalue weighted by Gasteiger charge is -2.19. The minimum absolute atomic E-state index is 1.14. The zero-order valence-electron chi connectivity index (χ0n) is 7.59. The second kappa shape index (κ2) is 2.59. The highest BCUT2D eigenvalue weighted by atomic mass is 14.2. The first-order valence-corrected chi connectivity index (χ1v) is 4.93. The summed E-state index contributed by atoms with van der Waals surface area (Å²) in [5, 5.41) is 0. The zero-order valence-corrected chi connectivity index (χ0v) is 7.59. The summed E-state index contributed by atoms with van der Waals surface area (Å²) in [6, 6.07) is 8.79. The molecule has 0 N–H and O–H groups in total. The predicted octanol–water partition coefficient (Wildman–Crippen LogP) is 3.35. The van der Waals surface area contributed by atoms with Crippen molar-refractivity contribution in [2.45, 2.75) is 19.3 Å². The van der Waals surface area contributed by atoms with Crippen LogP contribution in [0, 0.1) is 0 Å². The fourth-order valence-corrected chi connectivity index (χ4v) is 2.35. The van der Waals surface area contributed by atoms with Crippen LogP contribution in [-0.4, -0.2) is 0 Å². The topological polar surface area (TPSA) is 0 Å². The van der Waals surface area contributed by atoms with Gasteiger partial charge in [-0.05, 0) is 41.5 Å². The van der Waals surface area contributed by atoms with Crippen LogP contribution in [-0.2, 0) is 6.42 Å². The van der Waals surface area contributed by atoms with Crippen molar-refractivity contribution in [3.05, 3.63) is 53.1 Å². The van der Waals surface area contributed by atoms with Crippen molar-refractivity contribution < 1.29 is 0 Å². The van der Waals surface area contributed by atoms with Crippen molar-refractivity contribution >= 4 is 5.57 Å². The molecule has 0 amide bonds. The molecule has 0 bridgehead atoms. The first-order valence-electron chi connectivity index (χ1n) is 4.93. The molecule has 0 fully saturated rings.